The summed E-state index contributed by atoms with van der Waals surface area (Å²) in [5.41, 5.74) is 6.89. The summed E-state index contributed by atoms with van der Waals surface area (Å²) in [5, 5.41) is 2.80. The molecule has 0 saturated carbocycles. The van der Waals surface area contributed by atoms with Crippen LogP contribution in [0.15, 0.2) is 37.9 Å². The van der Waals surface area contributed by atoms with Gasteiger partial charge in [-0.1, -0.05) is 0 Å². The molecule has 0 bridgehead atoms. The molecule has 20 heavy (non-hydrogen) atoms. The largest absolute Gasteiger partial charge is 0.492 e. The normalized spacial score (nSPS) is 10.3. The first kappa shape index (κ1) is 15.3. The number of rotatable bonds is 5. The molecule has 106 valence electrons. The number of ether oxygens (including phenoxy) is 1. The third kappa shape index (κ3) is 4.22. The van der Waals surface area contributed by atoms with E-state index in [1.807, 2.05) is 0 Å². The Balaban J connectivity index is 1.77. The summed E-state index contributed by atoms with van der Waals surface area (Å²) in [7, 11) is 0. The number of carbonyl (C=O) groups is 1. The molecule has 1 aromatic heterocycles. The van der Waals surface area contributed by atoms with Crippen LogP contribution in [-0.4, -0.2) is 19.1 Å². The standard InChI is InChI=1S/C13H12Br2N2O2S/c14-11-7-10(12(15)20-11)13(18)17-5-6-19-9-3-1-8(16)2-4-9/h1-4,7H,5-6,16H2,(H,17,18). The van der Waals surface area contributed by atoms with Crippen LogP contribution in [0.5, 0.6) is 5.75 Å². The average molecular weight is 420 g/mol. The van der Waals surface area contributed by atoms with E-state index in [9.17, 15) is 4.79 Å². The summed E-state index contributed by atoms with van der Waals surface area (Å²) < 4.78 is 7.21. The first-order valence-electron chi connectivity index (χ1n) is 5.77. The van der Waals surface area contributed by atoms with Gasteiger partial charge in [-0.25, -0.2) is 0 Å². The minimum Gasteiger partial charge on any atom is -0.492 e. The summed E-state index contributed by atoms with van der Waals surface area (Å²) >= 11 is 8.16. The number of anilines is 1. The SMILES string of the molecule is Nc1ccc(OCCNC(=O)c2cc(Br)sc2Br)cc1. The Labute approximate surface area is 137 Å². The summed E-state index contributed by atoms with van der Waals surface area (Å²) in [6, 6.07) is 8.92. The predicted octanol–water partition coefficient (Wildman–Crippen LogP) is 3.66. The van der Waals surface area contributed by atoms with Crippen molar-refractivity contribution in [3.8, 4) is 5.75 Å². The third-order valence-electron chi connectivity index (χ3n) is 2.44. The lowest BCUT2D eigenvalue weighted by atomic mass is 10.3. The zero-order valence-corrected chi connectivity index (χ0v) is 14.3. The third-order valence-corrected chi connectivity index (χ3v) is 4.78. The van der Waals surface area contributed by atoms with Crippen molar-refractivity contribution < 1.29 is 9.53 Å². The van der Waals surface area contributed by atoms with E-state index in [-0.39, 0.29) is 5.91 Å². The monoisotopic (exact) mass is 418 g/mol. The number of nitrogens with two attached hydrogens (primary N) is 1. The van der Waals surface area contributed by atoms with E-state index < -0.39 is 0 Å². The van der Waals surface area contributed by atoms with Gasteiger partial charge in [0, 0.05) is 5.69 Å². The fourth-order valence-corrected chi connectivity index (χ4v) is 4.28. The van der Waals surface area contributed by atoms with Gasteiger partial charge in [0.05, 0.1) is 19.7 Å². The van der Waals surface area contributed by atoms with Gasteiger partial charge in [-0.05, 0) is 62.2 Å². The molecule has 0 fully saturated rings. The summed E-state index contributed by atoms with van der Waals surface area (Å²) in [6.45, 7) is 0.835. The van der Waals surface area contributed by atoms with Crippen LogP contribution < -0.4 is 15.8 Å². The number of thiophene rings is 1. The van der Waals surface area contributed by atoms with E-state index in [1.54, 1.807) is 30.3 Å². The van der Waals surface area contributed by atoms with Gasteiger partial charge in [0.25, 0.3) is 5.91 Å². The van der Waals surface area contributed by atoms with Crippen LogP contribution in [-0.2, 0) is 0 Å². The van der Waals surface area contributed by atoms with Crippen molar-refractivity contribution in [2.45, 2.75) is 0 Å². The highest BCUT2D eigenvalue weighted by Gasteiger charge is 2.12. The quantitative estimate of drug-likeness (QED) is 0.574. The van der Waals surface area contributed by atoms with Gasteiger partial charge < -0.3 is 15.8 Å². The first-order valence-corrected chi connectivity index (χ1v) is 8.18. The second-order valence-electron chi connectivity index (χ2n) is 3.91. The molecule has 0 saturated heterocycles. The molecule has 0 aliphatic rings. The van der Waals surface area contributed by atoms with Gasteiger partial charge in [-0.3, -0.25) is 4.79 Å². The Morgan fingerprint density at radius 3 is 2.60 bits per heavy atom. The molecule has 0 aliphatic carbocycles. The molecule has 0 unspecified atom stereocenters. The molecular weight excluding hydrogens is 408 g/mol. The Hall–Kier alpha value is -1.05. The van der Waals surface area contributed by atoms with Crippen molar-refractivity contribution in [2.75, 3.05) is 18.9 Å². The van der Waals surface area contributed by atoms with Crippen molar-refractivity contribution in [3.63, 3.8) is 0 Å². The lowest BCUT2D eigenvalue weighted by molar-refractivity contribution is 0.0946. The van der Waals surface area contributed by atoms with Crippen LogP contribution in [0.25, 0.3) is 0 Å². The molecule has 0 atom stereocenters. The van der Waals surface area contributed by atoms with Crippen LogP contribution in [0.4, 0.5) is 5.69 Å². The number of nitrogens with one attached hydrogen (secondary N) is 1. The second kappa shape index (κ2) is 7.10. The molecule has 0 radical (unpaired) electrons. The van der Waals surface area contributed by atoms with Crippen molar-refractivity contribution >= 4 is 54.8 Å². The number of nitrogen functional groups attached to an aromatic ring is 1. The average Bonchev–Trinajstić information content (AvgIpc) is 2.75. The van der Waals surface area contributed by atoms with Crippen LogP contribution in [0.2, 0.25) is 0 Å². The van der Waals surface area contributed by atoms with Crippen molar-refractivity contribution in [1.82, 2.24) is 5.32 Å². The number of hydrogen-bond donors (Lipinski definition) is 2. The van der Waals surface area contributed by atoms with Crippen LogP contribution in [0.3, 0.4) is 0 Å². The molecule has 1 aromatic carbocycles. The fourth-order valence-electron chi connectivity index (χ4n) is 1.49. The molecule has 1 heterocycles. The van der Waals surface area contributed by atoms with Crippen molar-refractivity contribution in [3.05, 3.63) is 43.5 Å². The lowest BCUT2D eigenvalue weighted by Crippen LogP contribution is -2.27. The lowest BCUT2D eigenvalue weighted by Gasteiger charge is -2.07. The molecule has 0 spiro atoms. The smallest absolute Gasteiger partial charge is 0.253 e. The molecule has 7 heteroatoms. The van der Waals surface area contributed by atoms with Gasteiger partial charge >= 0.3 is 0 Å². The summed E-state index contributed by atoms with van der Waals surface area (Å²) in [4.78, 5) is 11.9. The van der Waals surface area contributed by atoms with E-state index in [2.05, 4.69) is 37.2 Å². The maximum atomic E-state index is 11.9. The van der Waals surface area contributed by atoms with E-state index in [4.69, 9.17) is 10.5 Å². The number of carbonyl (C=O) groups excluding carboxylic acids is 1. The molecule has 2 rings (SSSR count). The minimum absolute atomic E-state index is 0.125. The van der Waals surface area contributed by atoms with Crippen LogP contribution >= 0.6 is 43.2 Å². The second-order valence-corrected chi connectivity index (χ2v) is 7.66. The van der Waals surface area contributed by atoms with Crippen LogP contribution in [0, 0.1) is 0 Å². The molecule has 2 aromatic rings. The maximum absolute atomic E-state index is 11.9. The molecular formula is C13H12Br2N2O2S. The Morgan fingerprint density at radius 2 is 2.00 bits per heavy atom. The highest BCUT2D eigenvalue weighted by Crippen LogP contribution is 2.31. The van der Waals surface area contributed by atoms with E-state index in [1.165, 1.54) is 11.3 Å². The topological polar surface area (TPSA) is 64.3 Å². The number of halogens is 2. The molecule has 1 amide bonds. The fraction of sp³-hybridized carbons (Fsp3) is 0.154. The number of benzene rings is 1. The van der Waals surface area contributed by atoms with Gasteiger partial charge in [0.2, 0.25) is 0 Å². The number of amides is 1. The van der Waals surface area contributed by atoms with E-state index in [0.29, 0.717) is 24.4 Å². The van der Waals surface area contributed by atoms with Crippen LogP contribution in [0.1, 0.15) is 10.4 Å². The molecule has 0 aliphatic heterocycles. The first-order chi connectivity index (χ1) is 9.56. The van der Waals surface area contributed by atoms with Gasteiger partial charge in [0.1, 0.15) is 12.4 Å². The predicted molar refractivity (Wildman–Crippen MR) is 88.4 cm³/mol. The Bertz CT molecular complexity index is 599. The van der Waals surface area contributed by atoms with Crippen molar-refractivity contribution in [1.29, 1.82) is 0 Å². The van der Waals surface area contributed by atoms with Gasteiger partial charge in [0.15, 0.2) is 0 Å². The minimum atomic E-state index is -0.125. The number of hydrogen-bond acceptors (Lipinski definition) is 4. The van der Waals surface area contributed by atoms with E-state index in [0.717, 1.165) is 13.3 Å². The van der Waals surface area contributed by atoms with Gasteiger partial charge in [-0.2, -0.15) is 0 Å². The highest BCUT2D eigenvalue weighted by atomic mass is 79.9. The van der Waals surface area contributed by atoms with Gasteiger partial charge in [-0.15, -0.1) is 11.3 Å². The maximum Gasteiger partial charge on any atom is 0.253 e. The zero-order valence-electron chi connectivity index (χ0n) is 10.4. The Kier molecular flexibility index (Phi) is 5.45. The zero-order chi connectivity index (χ0) is 14.5. The molecule has 3 N–H and O–H groups in total. The Morgan fingerprint density at radius 1 is 1.30 bits per heavy atom. The van der Waals surface area contributed by atoms with E-state index >= 15 is 0 Å². The van der Waals surface area contributed by atoms with Crippen molar-refractivity contribution in [2.24, 2.45) is 0 Å². The highest BCUT2D eigenvalue weighted by molar-refractivity contribution is 9.12. The summed E-state index contributed by atoms with van der Waals surface area (Å²) in [5.74, 6) is 0.604. The molecule has 4 nitrogen and oxygen atoms in total. The summed E-state index contributed by atoms with van der Waals surface area (Å²) in [6.07, 6.45) is 0.